The Morgan fingerprint density at radius 1 is 1.14 bits per heavy atom. The van der Waals surface area contributed by atoms with Crippen LogP contribution in [-0.4, -0.2) is 27.2 Å². The van der Waals surface area contributed by atoms with E-state index in [-0.39, 0.29) is 11.5 Å². The first-order valence-corrected chi connectivity index (χ1v) is 8.90. The molecule has 1 fully saturated rings. The fourth-order valence-electron chi connectivity index (χ4n) is 3.50. The van der Waals surface area contributed by atoms with Crippen molar-refractivity contribution in [3.63, 3.8) is 0 Å². The number of benzene rings is 1. The van der Waals surface area contributed by atoms with Gasteiger partial charge in [-0.15, -0.1) is 0 Å². The molecule has 0 bridgehead atoms. The highest BCUT2D eigenvalue weighted by Gasteiger charge is 2.51. The van der Waals surface area contributed by atoms with Gasteiger partial charge in [0.1, 0.15) is 17.3 Å². The highest BCUT2D eigenvalue weighted by atomic mass is 16.7. The first kappa shape index (κ1) is 20.3. The number of rotatable bonds is 4. The van der Waals surface area contributed by atoms with E-state index in [1.165, 1.54) is 38.1 Å². The van der Waals surface area contributed by atoms with Crippen LogP contribution in [0.2, 0.25) is 0 Å². The van der Waals surface area contributed by atoms with Gasteiger partial charge in [-0.2, -0.15) is 0 Å². The van der Waals surface area contributed by atoms with Crippen LogP contribution in [0, 0.1) is 35.1 Å². The van der Waals surface area contributed by atoms with Gasteiger partial charge < -0.3 is 14.7 Å². The largest absolute Gasteiger partial charge is 0.711 e. The van der Waals surface area contributed by atoms with E-state index in [9.17, 15) is 24.9 Å². The summed E-state index contributed by atoms with van der Waals surface area (Å²) in [6.45, 7) is 6.23. The third-order valence-corrected chi connectivity index (χ3v) is 5.16. The summed E-state index contributed by atoms with van der Waals surface area (Å²) < 4.78 is 12.7. The Balaban J connectivity index is 2.20. The van der Waals surface area contributed by atoms with Crippen LogP contribution < -0.4 is 4.73 Å². The monoisotopic (exact) mass is 403 g/mol. The van der Waals surface area contributed by atoms with Crippen molar-refractivity contribution in [2.24, 2.45) is 13.0 Å². The van der Waals surface area contributed by atoms with Gasteiger partial charge >= 0.3 is 11.9 Å². The summed E-state index contributed by atoms with van der Waals surface area (Å²) >= 11 is 0. The van der Waals surface area contributed by atoms with E-state index in [4.69, 9.17) is 9.47 Å². The number of non-ortho nitro benzene ring substituents is 1. The van der Waals surface area contributed by atoms with Gasteiger partial charge in [0.2, 0.25) is 0 Å². The maximum atomic E-state index is 12.9. The average molecular weight is 403 g/mol. The number of nitrogens with zero attached hydrogens (tertiary/aromatic N) is 3. The van der Waals surface area contributed by atoms with Gasteiger partial charge in [-0.3, -0.25) is 19.7 Å². The van der Waals surface area contributed by atoms with Crippen LogP contribution >= 0.6 is 0 Å². The number of carbonyl (C=O) groups excluding carboxylic acids is 2. The molecule has 1 atom stereocenters. The molecule has 29 heavy (non-hydrogen) atoms. The molecule has 0 saturated carbocycles. The van der Waals surface area contributed by atoms with Gasteiger partial charge in [0.25, 0.3) is 17.3 Å². The van der Waals surface area contributed by atoms with Crippen molar-refractivity contribution < 1.29 is 28.7 Å². The van der Waals surface area contributed by atoms with Gasteiger partial charge in [0.05, 0.1) is 12.0 Å². The molecule has 1 aliphatic rings. The molecule has 0 amide bonds. The number of esters is 2. The smallest absolute Gasteiger partial charge is 0.324 e. The average Bonchev–Trinajstić information content (AvgIpc) is 2.81. The SMILES string of the molecule is Cc1c(C)[n+]([O-])c([C@H](c2ccc([N+](=O)[O-])cc2)C2C(=O)OC(C)(C)OC2=O)n1C. The Bertz CT molecular complexity index is 962. The molecule has 1 saturated heterocycles. The Hall–Kier alpha value is -3.43. The number of aromatic nitrogens is 2. The number of hydrogen-bond acceptors (Lipinski definition) is 7. The van der Waals surface area contributed by atoms with E-state index in [0.717, 1.165) is 0 Å². The highest BCUT2D eigenvalue weighted by molar-refractivity contribution is 5.98. The Labute approximate surface area is 166 Å². The predicted octanol–water partition coefficient (Wildman–Crippen LogP) is 1.77. The van der Waals surface area contributed by atoms with Crippen LogP contribution in [0.1, 0.15) is 42.5 Å². The van der Waals surface area contributed by atoms with Crippen molar-refractivity contribution in [3.05, 3.63) is 62.4 Å². The van der Waals surface area contributed by atoms with Crippen molar-refractivity contribution in [1.82, 2.24) is 4.57 Å². The molecule has 2 aromatic rings. The summed E-state index contributed by atoms with van der Waals surface area (Å²) in [6.07, 6.45) is 0. The van der Waals surface area contributed by atoms with E-state index >= 15 is 0 Å². The molecule has 0 spiro atoms. The lowest BCUT2D eigenvalue weighted by Crippen LogP contribution is -2.50. The van der Waals surface area contributed by atoms with Gasteiger partial charge in [-0.05, 0) is 5.56 Å². The molecule has 0 aliphatic carbocycles. The van der Waals surface area contributed by atoms with Crippen LogP contribution in [0.5, 0.6) is 0 Å². The van der Waals surface area contributed by atoms with E-state index < -0.39 is 34.5 Å². The molecule has 0 radical (unpaired) electrons. The maximum absolute atomic E-state index is 12.9. The second kappa shape index (κ2) is 6.87. The lowest BCUT2D eigenvalue weighted by Gasteiger charge is -2.35. The van der Waals surface area contributed by atoms with Gasteiger partial charge in [0, 0.05) is 39.8 Å². The molecule has 3 rings (SSSR count). The van der Waals surface area contributed by atoms with Gasteiger partial charge in [-0.25, -0.2) is 9.30 Å². The second-order valence-electron chi connectivity index (χ2n) is 7.43. The Morgan fingerprint density at radius 3 is 2.07 bits per heavy atom. The van der Waals surface area contributed by atoms with Gasteiger partial charge in [0.15, 0.2) is 5.92 Å². The normalized spacial score (nSPS) is 17.6. The van der Waals surface area contributed by atoms with Gasteiger partial charge in [-0.1, -0.05) is 12.1 Å². The first-order valence-electron chi connectivity index (χ1n) is 8.90. The molecule has 10 heteroatoms. The Kier molecular flexibility index (Phi) is 4.81. The van der Waals surface area contributed by atoms with Crippen molar-refractivity contribution >= 4 is 17.6 Å². The first-order chi connectivity index (χ1) is 13.4. The molecular formula is C19H21N3O7. The summed E-state index contributed by atoms with van der Waals surface area (Å²) in [5, 5.41) is 23.9. The lowest BCUT2D eigenvalue weighted by atomic mass is 9.84. The van der Waals surface area contributed by atoms with Crippen LogP contribution in [0.4, 0.5) is 5.69 Å². The molecule has 1 aliphatic heterocycles. The molecule has 2 heterocycles. The molecule has 0 N–H and O–H groups in total. The molecular weight excluding hydrogens is 382 g/mol. The Morgan fingerprint density at radius 2 is 1.66 bits per heavy atom. The topological polar surface area (TPSA) is 128 Å². The quantitative estimate of drug-likeness (QED) is 0.190. The lowest BCUT2D eigenvalue weighted by molar-refractivity contribution is -0.621. The minimum atomic E-state index is -1.43. The minimum absolute atomic E-state index is 0.132. The number of nitro benzene ring substituents is 1. The highest BCUT2D eigenvalue weighted by Crippen LogP contribution is 2.38. The number of imidazole rings is 1. The fourth-order valence-corrected chi connectivity index (χ4v) is 3.50. The van der Waals surface area contributed by atoms with E-state index in [1.807, 2.05) is 0 Å². The second-order valence-corrected chi connectivity index (χ2v) is 7.43. The van der Waals surface area contributed by atoms with Crippen molar-refractivity contribution in [2.75, 3.05) is 0 Å². The summed E-state index contributed by atoms with van der Waals surface area (Å²) in [4.78, 5) is 35.9. The fraction of sp³-hybridized carbons (Fsp3) is 0.421. The van der Waals surface area contributed by atoms with Crippen LogP contribution in [0.15, 0.2) is 24.3 Å². The molecule has 1 aromatic carbocycles. The number of hydrogen-bond donors (Lipinski definition) is 0. The summed E-state index contributed by atoms with van der Waals surface area (Å²) in [5.41, 5.74) is 1.28. The third-order valence-electron chi connectivity index (χ3n) is 5.16. The predicted molar refractivity (Wildman–Crippen MR) is 98.5 cm³/mol. The number of nitro groups is 1. The molecule has 154 valence electrons. The van der Waals surface area contributed by atoms with E-state index in [2.05, 4.69) is 0 Å². The van der Waals surface area contributed by atoms with Crippen molar-refractivity contribution in [2.45, 2.75) is 39.4 Å². The standard InChI is InChI=1S/C19H21N3O7/c1-10-11(2)21(25)16(20(10)5)14(12-6-8-13(9-7-12)22(26)27)15-17(23)28-19(3,4)29-18(15)24/h6-9,14-15H,1-5H3/t14-/m1/s1. The van der Waals surface area contributed by atoms with Crippen LogP contribution in [-0.2, 0) is 26.1 Å². The zero-order valence-corrected chi connectivity index (χ0v) is 16.7. The summed E-state index contributed by atoms with van der Waals surface area (Å²) in [5.74, 6) is -5.43. The molecule has 1 aromatic heterocycles. The maximum Gasteiger partial charge on any atom is 0.324 e. The van der Waals surface area contributed by atoms with E-state index in [1.54, 1.807) is 25.5 Å². The summed E-state index contributed by atoms with van der Waals surface area (Å²) in [7, 11) is 1.65. The third kappa shape index (κ3) is 3.41. The number of cyclic esters (lactones) is 2. The van der Waals surface area contributed by atoms with Crippen molar-refractivity contribution in [1.29, 1.82) is 0 Å². The van der Waals surface area contributed by atoms with E-state index in [0.29, 0.717) is 21.7 Å². The zero-order valence-electron chi connectivity index (χ0n) is 16.7. The van der Waals surface area contributed by atoms with Crippen LogP contribution in [0.3, 0.4) is 0 Å². The zero-order chi connectivity index (χ0) is 21.7. The number of ether oxygens (including phenoxy) is 2. The number of carbonyl (C=O) groups is 2. The van der Waals surface area contributed by atoms with Crippen molar-refractivity contribution in [3.8, 4) is 0 Å². The molecule has 10 nitrogen and oxygen atoms in total. The molecule has 0 unspecified atom stereocenters. The van der Waals surface area contributed by atoms with Crippen LogP contribution in [0.25, 0.3) is 0 Å². The summed E-state index contributed by atoms with van der Waals surface area (Å²) in [6, 6.07) is 5.34. The minimum Gasteiger partial charge on any atom is -0.711 e.